The summed E-state index contributed by atoms with van der Waals surface area (Å²) in [5, 5.41) is 3.69. The predicted molar refractivity (Wildman–Crippen MR) is 66.4 cm³/mol. The van der Waals surface area contributed by atoms with E-state index in [1.807, 2.05) is 32.9 Å². The average Bonchev–Trinajstić information content (AvgIpc) is 2.79. The fourth-order valence-corrected chi connectivity index (χ4v) is 2.11. The van der Waals surface area contributed by atoms with Gasteiger partial charge in [0, 0.05) is 13.8 Å². The number of aryl methyl sites for hydroxylation is 1. The summed E-state index contributed by atoms with van der Waals surface area (Å²) in [6.45, 7) is 5.72. The lowest BCUT2D eigenvalue weighted by molar-refractivity contribution is -0.0431. The first-order valence-corrected chi connectivity index (χ1v) is 5.69. The minimum atomic E-state index is -0.631. The molecule has 2 aromatic rings. The maximum Gasteiger partial charge on any atom is 0.246 e. The Morgan fingerprint density at radius 3 is 2.39 bits per heavy atom. The standard InChI is InChI=1S/C13H14N2O3/c1-7-4-10-11(17-13(2,3)16-10)5-8(7)9-6-15-18-12(9)14/h4-6H,14H2,1-3H3. The van der Waals surface area contributed by atoms with Crippen molar-refractivity contribution in [3.8, 4) is 22.6 Å². The molecule has 0 aliphatic carbocycles. The van der Waals surface area contributed by atoms with Crippen LogP contribution < -0.4 is 15.2 Å². The van der Waals surface area contributed by atoms with Gasteiger partial charge in [-0.2, -0.15) is 0 Å². The van der Waals surface area contributed by atoms with E-state index >= 15 is 0 Å². The number of nitrogens with two attached hydrogens (primary N) is 1. The average molecular weight is 246 g/mol. The van der Waals surface area contributed by atoms with Gasteiger partial charge in [0.1, 0.15) is 0 Å². The molecule has 1 aromatic heterocycles. The van der Waals surface area contributed by atoms with Crippen molar-refractivity contribution in [3.63, 3.8) is 0 Å². The molecule has 0 radical (unpaired) electrons. The van der Waals surface area contributed by atoms with Gasteiger partial charge in [-0.3, -0.25) is 0 Å². The van der Waals surface area contributed by atoms with Crippen molar-refractivity contribution >= 4 is 5.88 Å². The van der Waals surface area contributed by atoms with Gasteiger partial charge in [-0.1, -0.05) is 5.16 Å². The van der Waals surface area contributed by atoms with Gasteiger partial charge in [0.05, 0.1) is 11.8 Å². The Bertz CT molecular complexity index is 617. The molecule has 0 saturated heterocycles. The number of hydrogen-bond donors (Lipinski definition) is 1. The lowest BCUT2D eigenvalue weighted by Crippen LogP contribution is -2.29. The molecule has 0 saturated carbocycles. The molecule has 0 bridgehead atoms. The number of hydrogen-bond acceptors (Lipinski definition) is 5. The van der Waals surface area contributed by atoms with Crippen LogP contribution in [0.25, 0.3) is 11.1 Å². The molecule has 0 amide bonds. The Morgan fingerprint density at radius 2 is 1.78 bits per heavy atom. The number of nitrogen functional groups attached to an aromatic ring is 1. The maximum atomic E-state index is 5.74. The normalized spacial score (nSPS) is 15.9. The van der Waals surface area contributed by atoms with Gasteiger partial charge in [-0.15, -0.1) is 0 Å². The largest absolute Gasteiger partial charge is 0.449 e. The highest BCUT2D eigenvalue weighted by atomic mass is 16.7. The number of benzene rings is 1. The molecule has 1 aliphatic rings. The Kier molecular flexibility index (Phi) is 2.08. The van der Waals surface area contributed by atoms with Gasteiger partial charge in [-0.05, 0) is 30.2 Å². The van der Waals surface area contributed by atoms with Crippen molar-refractivity contribution in [1.29, 1.82) is 0 Å². The zero-order valence-electron chi connectivity index (χ0n) is 10.5. The Morgan fingerprint density at radius 1 is 1.11 bits per heavy atom. The molecular weight excluding hydrogens is 232 g/mol. The van der Waals surface area contributed by atoms with Crippen LogP contribution in [0, 0.1) is 6.92 Å². The minimum absolute atomic E-state index is 0.302. The lowest BCUT2D eigenvalue weighted by atomic mass is 10.0. The molecule has 1 aromatic carbocycles. The predicted octanol–water partition coefficient (Wildman–Crippen LogP) is 2.74. The first kappa shape index (κ1) is 11.0. The fourth-order valence-electron chi connectivity index (χ4n) is 2.11. The van der Waals surface area contributed by atoms with Crippen LogP contribution in [0.5, 0.6) is 11.5 Å². The Labute approximate surface area is 104 Å². The summed E-state index contributed by atoms with van der Waals surface area (Å²) in [6, 6.07) is 3.84. The molecule has 1 aliphatic heterocycles. The van der Waals surface area contributed by atoms with E-state index in [1.165, 1.54) is 0 Å². The topological polar surface area (TPSA) is 70.5 Å². The van der Waals surface area contributed by atoms with Crippen LogP contribution in [-0.2, 0) is 0 Å². The highest BCUT2D eigenvalue weighted by molar-refractivity contribution is 5.77. The number of aromatic nitrogens is 1. The third-order valence-electron chi connectivity index (χ3n) is 2.89. The van der Waals surface area contributed by atoms with Crippen LogP contribution >= 0.6 is 0 Å². The summed E-state index contributed by atoms with van der Waals surface area (Å²) >= 11 is 0. The van der Waals surface area contributed by atoms with Gasteiger partial charge in [0.2, 0.25) is 11.7 Å². The maximum absolute atomic E-state index is 5.74. The van der Waals surface area contributed by atoms with Gasteiger partial charge in [0.25, 0.3) is 0 Å². The van der Waals surface area contributed by atoms with Crippen molar-refractivity contribution in [2.75, 3.05) is 5.73 Å². The third-order valence-corrected chi connectivity index (χ3v) is 2.89. The molecular formula is C13H14N2O3. The second-order valence-electron chi connectivity index (χ2n) is 4.82. The van der Waals surface area contributed by atoms with E-state index in [2.05, 4.69) is 5.16 Å². The first-order valence-electron chi connectivity index (χ1n) is 5.69. The van der Waals surface area contributed by atoms with Crippen molar-refractivity contribution < 1.29 is 14.0 Å². The van der Waals surface area contributed by atoms with Crippen molar-refractivity contribution in [1.82, 2.24) is 5.16 Å². The third kappa shape index (κ3) is 1.59. The summed E-state index contributed by atoms with van der Waals surface area (Å²) in [7, 11) is 0. The summed E-state index contributed by atoms with van der Waals surface area (Å²) in [6.07, 6.45) is 1.60. The fraction of sp³-hybridized carbons (Fsp3) is 0.308. The van der Waals surface area contributed by atoms with E-state index in [0.717, 1.165) is 22.4 Å². The van der Waals surface area contributed by atoms with Crippen LogP contribution in [0.2, 0.25) is 0 Å². The van der Waals surface area contributed by atoms with Crippen molar-refractivity contribution in [3.05, 3.63) is 23.9 Å². The van der Waals surface area contributed by atoms with E-state index in [4.69, 9.17) is 19.7 Å². The van der Waals surface area contributed by atoms with Crippen LogP contribution in [-0.4, -0.2) is 10.9 Å². The minimum Gasteiger partial charge on any atom is -0.449 e. The number of ether oxygens (including phenoxy) is 2. The molecule has 0 unspecified atom stereocenters. The summed E-state index contributed by atoms with van der Waals surface area (Å²) in [4.78, 5) is 0. The van der Waals surface area contributed by atoms with E-state index in [9.17, 15) is 0 Å². The molecule has 5 heteroatoms. The summed E-state index contributed by atoms with van der Waals surface area (Å²) < 4.78 is 16.3. The number of fused-ring (bicyclic) bond motifs is 1. The summed E-state index contributed by atoms with van der Waals surface area (Å²) in [5.74, 6) is 1.13. The Hall–Kier alpha value is -2.17. The highest BCUT2D eigenvalue weighted by Gasteiger charge is 2.32. The van der Waals surface area contributed by atoms with Crippen LogP contribution in [0.4, 0.5) is 5.88 Å². The number of anilines is 1. The molecule has 5 nitrogen and oxygen atoms in total. The van der Waals surface area contributed by atoms with Gasteiger partial charge >= 0.3 is 0 Å². The number of nitrogens with zero attached hydrogens (tertiary/aromatic N) is 1. The SMILES string of the molecule is Cc1cc2c(cc1-c1cnoc1N)OC(C)(C)O2. The number of rotatable bonds is 1. The van der Waals surface area contributed by atoms with E-state index in [1.54, 1.807) is 6.20 Å². The smallest absolute Gasteiger partial charge is 0.246 e. The van der Waals surface area contributed by atoms with Crippen LogP contribution in [0.3, 0.4) is 0 Å². The van der Waals surface area contributed by atoms with Gasteiger partial charge in [0.15, 0.2) is 11.5 Å². The zero-order valence-corrected chi connectivity index (χ0v) is 10.5. The molecule has 0 fully saturated rings. The van der Waals surface area contributed by atoms with Gasteiger partial charge in [-0.25, -0.2) is 0 Å². The monoisotopic (exact) mass is 246 g/mol. The Balaban J connectivity index is 2.13. The molecule has 94 valence electrons. The quantitative estimate of drug-likeness (QED) is 0.837. The molecule has 0 spiro atoms. The molecule has 18 heavy (non-hydrogen) atoms. The van der Waals surface area contributed by atoms with Crippen molar-refractivity contribution in [2.24, 2.45) is 0 Å². The second-order valence-corrected chi connectivity index (χ2v) is 4.82. The van der Waals surface area contributed by atoms with Crippen LogP contribution in [0.1, 0.15) is 19.4 Å². The molecule has 0 atom stereocenters. The zero-order chi connectivity index (χ0) is 12.9. The van der Waals surface area contributed by atoms with E-state index in [0.29, 0.717) is 11.6 Å². The molecule has 3 rings (SSSR count). The van der Waals surface area contributed by atoms with Crippen molar-refractivity contribution in [2.45, 2.75) is 26.6 Å². The second kappa shape index (κ2) is 3.41. The van der Waals surface area contributed by atoms with Crippen LogP contribution in [0.15, 0.2) is 22.9 Å². The molecule has 2 heterocycles. The summed E-state index contributed by atoms with van der Waals surface area (Å²) in [5.41, 5.74) is 8.48. The van der Waals surface area contributed by atoms with E-state index in [-0.39, 0.29) is 0 Å². The molecule has 2 N–H and O–H groups in total. The van der Waals surface area contributed by atoms with E-state index < -0.39 is 5.79 Å². The van der Waals surface area contributed by atoms with Gasteiger partial charge < -0.3 is 19.7 Å². The highest BCUT2D eigenvalue weighted by Crippen LogP contribution is 2.43. The lowest BCUT2D eigenvalue weighted by Gasteiger charge is -2.16. The first-order chi connectivity index (χ1) is 8.46.